The first-order chi connectivity index (χ1) is 16.0. The second-order valence-corrected chi connectivity index (χ2v) is 10.5. The Labute approximate surface area is 194 Å². The molecule has 170 valence electrons. The molecular weight excluding hydrogens is 432 g/mol. The van der Waals surface area contributed by atoms with Crippen molar-refractivity contribution in [2.24, 2.45) is 5.92 Å². The van der Waals surface area contributed by atoms with Gasteiger partial charge in [-0.25, -0.2) is 13.1 Å². The van der Waals surface area contributed by atoms with Gasteiger partial charge in [0, 0.05) is 22.6 Å². The summed E-state index contributed by atoms with van der Waals surface area (Å²) in [6.45, 7) is 1.99. The van der Waals surface area contributed by atoms with Gasteiger partial charge >= 0.3 is 0 Å². The molecule has 1 aromatic heterocycles. The number of fused-ring (bicyclic) bond motifs is 1. The smallest absolute Gasteiger partial charge is 0.208 e. The van der Waals surface area contributed by atoms with E-state index in [1.165, 1.54) is 19.3 Å². The highest BCUT2D eigenvalue weighted by Crippen LogP contribution is 2.36. The quantitative estimate of drug-likeness (QED) is 0.395. The predicted octanol–water partition coefficient (Wildman–Crippen LogP) is 5.54. The van der Waals surface area contributed by atoms with Crippen LogP contribution in [-0.4, -0.2) is 29.9 Å². The van der Waals surface area contributed by atoms with E-state index in [-0.39, 0.29) is 6.04 Å². The van der Waals surface area contributed by atoms with E-state index in [2.05, 4.69) is 20.1 Å². The molecular formula is C26H28N4O2S. The van der Waals surface area contributed by atoms with E-state index in [1.807, 2.05) is 67.6 Å². The summed E-state index contributed by atoms with van der Waals surface area (Å²) in [4.78, 5) is 0.300. The van der Waals surface area contributed by atoms with Crippen molar-refractivity contribution >= 4 is 20.8 Å². The number of benzene rings is 3. The lowest BCUT2D eigenvalue weighted by Gasteiger charge is -2.28. The average molecular weight is 461 g/mol. The fraction of sp³-hybridized carbons (Fsp3) is 0.308. The van der Waals surface area contributed by atoms with Crippen LogP contribution in [0.25, 0.3) is 33.3 Å². The van der Waals surface area contributed by atoms with Crippen molar-refractivity contribution in [1.29, 1.82) is 0 Å². The molecule has 1 unspecified atom stereocenters. The van der Waals surface area contributed by atoms with Gasteiger partial charge in [0.2, 0.25) is 10.0 Å². The van der Waals surface area contributed by atoms with Gasteiger partial charge in [-0.1, -0.05) is 79.9 Å². The third-order valence-electron chi connectivity index (χ3n) is 6.72. The van der Waals surface area contributed by atoms with Gasteiger partial charge in [0.05, 0.1) is 4.90 Å². The Morgan fingerprint density at radius 3 is 2.27 bits per heavy atom. The van der Waals surface area contributed by atoms with E-state index in [4.69, 9.17) is 0 Å². The maximum absolute atomic E-state index is 13.4. The molecule has 4 aromatic rings. The largest absolute Gasteiger partial charge is 0.241 e. The molecule has 3 aromatic carbocycles. The van der Waals surface area contributed by atoms with Crippen LogP contribution >= 0.6 is 0 Å². The van der Waals surface area contributed by atoms with Crippen molar-refractivity contribution in [3.63, 3.8) is 0 Å². The molecule has 7 heteroatoms. The Bertz CT molecular complexity index is 1360. The standard InChI is InChI=1S/C26H28N4O2S/c1-18(19-10-4-2-5-11-19)29-33(31,32)24-17-16-23(21-14-8-9-15-22(21)24)26-25(27-30-28-26)20-12-6-3-7-13-20/h3,6-9,12-19,29H,2,4-5,10-11H2,1H3,(H,27,28,30). The molecule has 0 amide bonds. The molecule has 0 aliphatic heterocycles. The Morgan fingerprint density at radius 1 is 0.848 bits per heavy atom. The molecule has 0 spiro atoms. The molecule has 6 nitrogen and oxygen atoms in total. The molecule has 33 heavy (non-hydrogen) atoms. The minimum Gasteiger partial charge on any atom is -0.208 e. The minimum atomic E-state index is -3.68. The number of rotatable bonds is 6. The van der Waals surface area contributed by atoms with E-state index < -0.39 is 10.0 Å². The maximum Gasteiger partial charge on any atom is 0.241 e. The number of aromatic nitrogens is 3. The van der Waals surface area contributed by atoms with Crippen LogP contribution in [0.4, 0.5) is 0 Å². The zero-order valence-corrected chi connectivity index (χ0v) is 19.5. The first kappa shape index (κ1) is 21.8. The molecule has 1 aliphatic rings. The highest BCUT2D eigenvalue weighted by Gasteiger charge is 2.27. The molecule has 5 rings (SSSR count). The maximum atomic E-state index is 13.4. The SMILES string of the molecule is CC(NS(=O)(=O)c1ccc(-c2n[nH]nc2-c2ccccc2)c2ccccc12)C1CCCCC1. The summed E-state index contributed by atoms with van der Waals surface area (Å²) in [5, 5.41) is 13.0. The normalized spacial score (nSPS) is 16.2. The number of H-pyrrole nitrogens is 1. The molecule has 0 bridgehead atoms. The average Bonchev–Trinajstić information content (AvgIpc) is 3.34. The van der Waals surface area contributed by atoms with Crippen molar-refractivity contribution < 1.29 is 8.42 Å². The van der Waals surface area contributed by atoms with Crippen molar-refractivity contribution in [2.75, 3.05) is 0 Å². The number of hydrogen-bond donors (Lipinski definition) is 2. The Balaban J connectivity index is 1.55. The summed E-state index contributed by atoms with van der Waals surface area (Å²) in [5.41, 5.74) is 3.23. The highest BCUT2D eigenvalue weighted by atomic mass is 32.2. The summed E-state index contributed by atoms with van der Waals surface area (Å²) in [6.07, 6.45) is 5.76. The molecule has 2 N–H and O–H groups in total. The van der Waals surface area contributed by atoms with E-state index in [0.29, 0.717) is 21.9 Å². The number of hydrogen-bond acceptors (Lipinski definition) is 4. The molecule has 1 saturated carbocycles. The van der Waals surface area contributed by atoms with Crippen LogP contribution in [0.2, 0.25) is 0 Å². The van der Waals surface area contributed by atoms with Crippen molar-refractivity contribution in [3.8, 4) is 22.5 Å². The molecule has 1 heterocycles. The molecule has 0 saturated heterocycles. The zero-order valence-electron chi connectivity index (χ0n) is 18.7. The van der Waals surface area contributed by atoms with Crippen LogP contribution in [0, 0.1) is 5.92 Å². The fourth-order valence-electron chi connectivity index (χ4n) is 4.97. The summed E-state index contributed by atoms with van der Waals surface area (Å²) in [7, 11) is -3.68. The molecule has 0 radical (unpaired) electrons. The number of aromatic amines is 1. The first-order valence-electron chi connectivity index (χ1n) is 11.6. The van der Waals surface area contributed by atoms with Crippen LogP contribution in [0.15, 0.2) is 71.6 Å². The third-order valence-corrected chi connectivity index (χ3v) is 8.34. The summed E-state index contributed by atoms with van der Waals surface area (Å²) >= 11 is 0. The van der Waals surface area contributed by atoms with Gasteiger partial charge in [-0.05, 0) is 37.1 Å². The van der Waals surface area contributed by atoms with Crippen molar-refractivity contribution in [3.05, 3.63) is 66.7 Å². The molecule has 1 fully saturated rings. The molecule has 1 aliphatic carbocycles. The van der Waals surface area contributed by atoms with Crippen molar-refractivity contribution in [2.45, 2.75) is 50.0 Å². The summed E-state index contributed by atoms with van der Waals surface area (Å²) in [5.74, 6) is 0.391. The van der Waals surface area contributed by atoms with E-state index >= 15 is 0 Å². The van der Waals surface area contributed by atoms with Crippen LogP contribution < -0.4 is 4.72 Å². The minimum absolute atomic E-state index is 0.0889. The van der Waals surface area contributed by atoms with Gasteiger partial charge in [0.1, 0.15) is 11.4 Å². The van der Waals surface area contributed by atoms with Gasteiger partial charge in [-0.3, -0.25) is 0 Å². The van der Waals surface area contributed by atoms with E-state index in [9.17, 15) is 8.42 Å². The van der Waals surface area contributed by atoms with Gasteiger partial charge < -0.3 is 0 Å². The van der Waals surface area contributed by atoms with Crippen LogP contribution in [0.5, 0.6) is 0 Å². The van der Waals surface area contributed by atoms with Crippen LogP contribution in [-0.2, 0) is 10.0 Å². The predicted molar refractivity (Wildman–Crippen MR) is 131 cm³/mol. The Kier molecular flexibility index (Phi) is 6.00. The first-order valence-corrected chi connectivity index (χ1v) is 13.0. The lowest BCUT2D eigenvalue weighted by atomic mass is 9.85. The van der Waals surface area contributed by atoms with Crippen LogP contribution in [0.1, 0.15) is 39.0 Å². The number of nitrogens with one attached hydrogen (secondary N) is 2. The summed E-state index contributed by atoms with van der Waals surface area (Å²) < 4.78 is 29.8. The monoisotopic (exact) mass is 460 g/mol. The van der Waals surface area contributed by atoms with Gasteiger partial charge in [0.15, 0.2) is 0 Å². The topological polar surface area (TPSA) is 87.7 Å². The fourth-order valence-corrected chi connectivity index (χ4v) is 6.49. The van der Waals surface area contributed by atoms with Gasteiger partial charge in [-0.2, -0.15) is 15.4 Å². The summed E-state index contributed by atoms with van der Waals surface area (Å²) in [6, 6.07) is 20.9. The Morgan fingerprint density at radius 2 is 1.52 bits per heavy atom. The lowest BCUT2D eigenvalue weighted by molar-refractivity contribution is 0.303. The zero-order chi connectivity index (χ0) is 22.8. The molecule has 1 atom stereocenters. The third kappa shape index (κ3) is 4.30. The highest BCUT2D eigenvalue weighted by molar-refractivity contribution is 7.89. The Hall–Kier alpha value is -3.03. The number of nitrogens with zero attached hydrogens (tertiary/aromatic N) is 2. The van der Waals surface area contributed by atoms with Gasteiger partial charge in [-0.15, -0.1) is 0 Å². The van der Waals surface area contributed by atoms with E-state index in [1.54, 1.807) is 6.07 Å². The second-order valence-electron chi connectivity index (χ2n) is 8.85. The van der Waals surface area contributed by atoms with Gasteiger partial charge in [0.25, 0.3) is 0 Å². The van der Waals surface area contributed by atoms with Crippen molar-refractivity contribution in [1.82, 2.24) is 20.1 Å². The number of sulfonamides is 1. The van der Waals surface area contributed by atoms with Crippen LogP contribution in [0.3, 0.4) is 0 Å². The van der Waals surface area contributed by atoms with E-state index in [0.717, 1.165) is 35.0 Å². The second kappa shape index (κ2) is 9.08. The lowest BCUT2D eigenvalue weighted by Crippen LogP contribution is -2.38.